The van der Waals surface area contributed by atoms with Crippen molar-refractivity contribution in [2.75, 3.05) is 26.1 Å². The van der Waals surface area contributed by atoms with Crippen LogP contribution in [-0.2, 0) is 9.47 Å². The van der Waals surface area contributed by atoms with Gasteiger partial charge < -0.3 is 19.3 Å². The van der Waals surface area contributed by atoms with E-state index in [0.717, 1.165) is 0 Å². The average Bonchev–Trinajstić information content (AvgIpc) is 2.53. The third kappa shape index (κ3) is 3.00. The molecule has 1 heterocycles. The quantitative estimate of drug-likeness (QED) is 0.673. The zero-order valence-electron chi connectivity index (χ0n) is 7.90. The molecule has 0 bridgehead atoms. The van der Waals surface area contributed by atoms with Gasteiger partial charge >= 0.3 is 6.01 Å². The number of rotatable bonds is 5. The van der Waals surface area contributed by atoms with Crippen LogP contribution in [0.2, 0.25) is 0 Å². The molecule has 0 unspecified atom stereocenters. The first kappa shape index (κ1) is 9.94. The molecule has 1 aromatic rings. The van der Waals surface area contributed by atoms with E-state index < -0.39 is 0 Å². The van der Waals surface area contributed by atoms with Crippen LogP contribution in [0.15, 0.2) is 4.52 Å². The number of hydrogen-bond donors (Lipinski definition) is 1. The minimum atomic E-state index is -0.313. The van der Waals surface area contributed by atoms with Gasteiger partial charge in [-0.15, -0.1) is 0 Å². The molecule has 0 amide bonds. The van der Waals surface area contributed by atoms with Crippen LogP contribution in [0.25, 0.3) is 0 Å². The first-order valence-electron chi connectivity index (χ1n) is 3.86. The van der Waals surface area contributed by atoms with E-state index in [0.29, 0.717) is 18.4 Å². The summed E-state index contributed by atoms with van der Waals surface area (Å²) in [6, 6.07) is 0.372. The topological polar surface area (TPSA) is 69.4 Å². The fraction of sp³-hybridized carbons (Fsp3) is 0.714. The molecule has 0 aliphatic carbocycles. The Labute approximate surface area is 76.2 Å². The molecule has 0 atom stereocenters. The first-order valence-corrected chi connectivity index (χ1v) is 3.86. The summed E-state index contributed by atoms with van der Waals surface area (Å²) in [6.45, 7) is 2.22. The number of nitrogens with one attached hydrogen (secondary N) is 1. The Kier molecular flexibility index (Phi) is 3.66. The summed E-state index contributed by atoms with van der Waals surface area (Å²) in [6.07, 6.45) is -0.313. The summed E-state index contributed by atoms with van der Waals surface area (Å²) in [7, 11) is 3.13. The minimum absolute atomic E-state index is 0.313. The summed E-state index contributed by atoms with van der Waals surface area (Å²) >= 11 is 0. The van der Waals surface area contributed by atoms with E-state index in [2.05, 4.69) is 15.5 Å². The Hall–Kier alpha value is -1.14. The number of aryl methyl sites for hydroxylation is 1. The van der Waals surface area contributed by atoms with E-state index >= 15 is 0 Å². The van der Waals surface area contributed by atoms with Crippen LogP contribution >= 0.6 is 0 Å². The number of nitrogens with zero attached hydrogens (tertiary/aromatic N) is 2. The molecule has 0 aliphatic rings. The lowest BCUT2D eigenvalue weighted by molar-refractivity contribution is -0.0916. The van der Waals surface area contributed by atoms with Gasteiger partial charge in [-0.3, -0.25) is 0 Å². The third-order valence-electron chi connectivity index (χ3n) is 1.47. The highest BCUT2D eigenvalue weighted by molar-refractivity contribution is 5.17. The van der Waals surface area contributed by atoms with Crippen LogP contribution in [0.1, 0.15) is 5.82 Å². The zero-order valence-corrected chi connectivity index (χ0v) is 7.90. The lowest BCUT2D eigenvalue weighted by Gasteiger charge is -2.12. The molecule has 0 fully saturated rings. The molecule has 0 saturated carbocycles. The SMILES string of the molecule is COC(CNc1nc(C)no1)OC. The van der Waals surface area contributed by atoms with E-state index in [1.807, 2.05) is 0 Å². The highest BCUT2D eigenvalue weighted by atomic mass is 16.7. The zero-order chi connectivity index (χ0) is 9.68. The number of ether oxygens (including phenoxy) is 2. The van der Waals surface area contributed by atoms with Crippen molar-refractivity contribution in [2.45, 2.75) is 13.2 Å². The number of aromatic nitrogens is 2. The molecular formula is C7H13N3O3. The number of methoxy groups -OCH3 is 2. The molecule has 0 radical (unpaired) electrons. The van der Waals surface area contributed by atoms with Gasteiger partial charge in [0.15, 0.2) is 12.1 Å². The van der Waals surface area contributed by atoms with E-state index in [4.69, 9.17) is 14.0 Å². The second-order valence-corrected chi connectivity index (χ2v) is 2.43. The first-order chi connectivity index (χ1) is 6.26. The number of anilines is 1. The van der Waals surface area contributed by atoms with Crippen LogP contribution in [0.4, 0.5) is 6.01 Å². The maximum Gasteiger partial charge on any atom is 0.321 e. The summed E-state index contributed by atoms with van der Waals surface area (Å²) in [4.78, 5) is 3.95. The average molecular weight is 187 g/mol. The van der Waals surface area contributed by atoms with Crippen LogP contribution in [-0.4, -0.2) is 37.2 Å². The van der Waals surface area contributed by atoms with Gasteiger partial charge in [0.1, 0.15) is 0 Å². The Bertz CT molecular complexity index is 247. The van der Waals surface area contributed by atoms with Crippen molar-refractivity contribution < 1.29 is 14.0 Å². The van der Waals surface area contributed by atoms with Crippen LogP contribution in [0, 0.1) is 6.92 Å². The molecule has 1 rings (SSSR count). The fourth-order valence-corrected chi connectivity index (χ4v) is 0.802. The Morgan fingerprint density at radius 3 is 2.62 bits per heavy atom. The second-order valence-electron chi connectivity index (χ2n) is 2.43. The van der Waals surface area contributed by atoms with Crippen molar-refractivity contribution in [3.8, 4) is 0 Å². The molecule has 1 N–H and O–H groups in total. The van der Waals surface area contributed by atoms with Gasteiger partial charge in [-0.25, -0.2) is 0 Å². The van der Waals surface area contributed by atoms with Crippen molar-refractivity contribution >= 4 is 6.01 Å². The van der Waals surface area contributed by atoms with E-state index in [9.17, 15) is 0 Å². The lowest BCUT2D eigenvalue weighted by Crippen LogP contribution is -2.23. The molecule has 13 heavy (non-hydrogen) atoms. The van der Waals surface area contributed by atoms with Crippen molar-refractivity contribution in [2.24, 2.45) is 0 Å². The van der Waals surface area contributed by atoms with Gasteiger partial charge in [0.2, 0.25) is 0 Å². The van der Waals surface area contributed by atoms with Gasteiger partial charge in [-0.05, 0) is 6.92 Å². The minimum Gasteiger partial charge on any atom is -0.354 e. The van der Waals surface area contributed by atoms with Crippen molar-refractivity contribution in [1.29, 1.82) is 0 Å². The van der Waals surface area contributed by atoms with E-state index in [1.165, 1.54) is 0 Å². The van der Waals surface area contributed by atoms with Crippen LogP contribution in [0.3, 0.4) is 0 Å². The van der Waals surface area contributed by atoms with Crippen molar-refractivity contribution in [3.63, 3.8) is 0 Å². The molecule has 1 aromatic heterocycles. The summed E-state index contributed by atoms with van der Waals surface area (Å²) in [5, 5.41) is 6.49. The molecule has 6 heteroatoms. The maximum absolute atomic E-state index is 4.95. The fourth-order valence-electron chi connectivity index (χ4n) is 0.802. The van der Waals surface area contributed by atoms with Gasteiger partial charge in [-0.1, -0.05) is 5.16 Å². The van der Waals surface area contributed by atoms with Gasteiger partial charge in [0.05, 0.1) is 6.54 Å². The van der Waals surface area contributed by atoms with Crippen LogP contribution in [0.5, 0.6) is 0 Å². The van der Waals surface area contributed by atoms with Crippen LogP contribution < -0.4 is 5.32 Å². The largest absolute Gasteiger partial charge is 0.354 e. The molecule has 6 nitrogen and oxygen atoms in total. The summed E-state index contributed by atoms with van der Waals surface area (Å²) in [5.41, 5.74) is 0. The highest BCUT2D eigenvalue weighted by Crippen LogP contribution is 2.02. The lowest BCUT2D eigenvalue weighted by atomic mass is 10.6. The van der Waals surface area contributed by atoms with Crippen molar-refractivity contribution in [3.05, 3.63) is 5.82 Å². The molecule has 0 spiro atoms. The van der Waals surface area contributed by atoms with Crippen molar-refractivity contribution in [1.82, 2.24) is 10.1 Å². The van der Waals surface area contributed by atoms with E-state index in [-0.39, 0.29) is 6.29 Å². The van der Waals surface area contributed by atoms with Gasteiger partial charge in [0.25, 0.3) is 0 Å². The Balaban J connectivity index is 2.33. The predicted molar refractivity (Wildman–Crippen MR) is 45.3 cm³/mol. The summed E-state index contributed by atoms with van der Waals surface area (Å²) < 4.78 is 14.7. The highest BCUT2D eigenvalue weighted by Gasteiger charge is 2.07. The molecule has 0 aromatic carbocycles. The standard InChI is InChI=1S/C7H13N3O3/c1-5-9-7(13-10-5)8-4-6(11-2)12-3/h6H,4H2,1-3H3,(H,8,9,10). The molecule has 0 saturated heterocycles. The normalized spacial score (nSPS) is 10.8. The Morgan fingerprint density at radius 1 is 1.46 bits per heavy atom. The van der Waals surface area contributed by atoms with Gasteiger partial charge in [0, 0.05) is 14.2 Å². The number of hydrogen-bond acceptors (Lipinski definition) is 6. The predicted octanol–water partition coefficient (Wildman–Crippen LogP) is 0.409. The maximum atomic E-state index is 4.95. The Morgan fingerprint density at radius 2 is 2.15 bits per heavy atom. The monoisotopic (exact) mass is 187 g/mol. The third-order valence-corrected chi connectivity index (χ3v) is 1.47. The smallest absolute Gasteiger partial charge is 0.321 e. The molecular weight excluding hydrogens is 174 g/mol. The molecule has 0 aliphatic heterocycles. The molecule has 74 valence electrons. The summed E-state index contributed by atoms with van der Waals surface area (Å²) in [5.74, 6) is 0.592. The second kappa shape index (κ2) is 4.78. The van der Waals surface area contributed by atoms with Gasteiger partial charge in [-0.2, -0.15) is 4.98 Å². The van der Waals surface area contributed by atoms with E-state index in [1.54, 1.807) is 21.1 Å².